The molecule has 146 valence electrons. The summed E-state index contributed by atoms with van der Waals surface area (Å²) in [6, 6.07) is 7.00. The van der Waals surface area contributed by atoms with Crippen LogP contribution >= 0.6 is 0 Å². The Morgan fingerprint density at radius 2 is 1.93 bits per heavy atom. The van der Waals surface area contributed by atoms with Crippen molar-refractivity contribution in [1.29, 1.82) is 0 Å². The Kier molecular flexibility index (Phi) is 4.70. The molecule has 1 saturated carbocycles. The zero-order chi connectivity index (χ0) is 19.8. The monoisotopic (exact) mass is 384 g/mol. The number of hydrogen-bond acceptors (Lipinski definition) is 5. The van der Waals surface area contributed by atoms with Gasteiger partial charge < -0.3 is 10.2 Å². The van der Waals surface area contributed by atoms with Crippen molar-refractivity contribution in [2.45, 2.75) is 38.6 Å². The topological polar surface area (TPSA) is 69.7 Å². The second kappa shape index (κ2) is 7.18. The zero-order valence-electron chi connectivity index (χ0n) is 16.0. The average molecular weight is 384 g/mol. The molecule has 3 aromatic rings. The number of anilines is 3. The quantitative estimate of drug-likeness (QED) is 0.650. The van der Waals surface area contributed by atoms with E-state index < -0.39 is 11.6 Å². The summed E-state index contributed by atoms with van der Waals surface area (Å²) in [5.41, 5.74) is 1.51. The number of H-pyrrole nitrogens is 1. The van der Waals surface area contributed by atoms with E-state index in [1.165, 1.54) is 25.0 Å². The van der Waals surface area contributed by atoms with Gasteiger partial charge in [-0.2, -0.15) is 5.10 Å². The van der Waals surface area contributed by atoms with Gasteiger partial charge in [0, 0.05) is 42.4 Å². The van der Waals surface area contributed by atoms with E-state index in [1.807, 2.05) is 18.0 Å². The maximum atomic E-state index is 14.1. The standard InChI is InChI=1S/C20H22F2N6/c1-11(15-7-6-14(21)8-16(15)22)23-18-10-19(25-12(2)24-18)28(3)20-9-17(26-27-20)13-4-5-13/h6-11,13H,4-5H2,1-3H3,(H,26,27)(H,23,24,25). The number of halogens is 2. The van der Waals surface area contributed by atoms with Crippen LogP contribution in [-0.2, 0) is 0 Å². The van der Waals surface area contributed by atoms with Gasteiger partial charge in [0.05, 0.1) is 6.04 Å². The summed E-state index contributed by atoms with van der Waals surface area (Å²) in [4.78, 5) is 10.8. The first-order valence-corrected chi connectivity index (χ1v) is 9.27. The third-order valence-corrected chi connectivity index (χ3v) is 4.91. The fourth-order valence-corrected chi connectivity index (χ4v) is 3.17. The highest BCUT2D eigenvalue weighted by atomic mass is 19.1. The van der Waals surface area contributed by atoms with Crippen molar-refractivity contribution < 1.29 is 8.78 Å². The predicted octanol–water partition coefficient (Wildman–Crippen LogP) is 4.60. The van der Waals surface area contributed by atoms with Crippen molar-refractivity contribution >= 4 is 17.5 Å². The van der Waals surface area contributed by atoms with E-state index in [2.05, 4.69) is 25.5 Å². The molecule has 1 unspecified atom stereocenters. The SMILES string of the molecule is Cc1nc(NC(C)c2ccc(F)cc2F)cc(N(C)c2cc(C3CC3)[nH]n2)n1. The van der Waals surface area contributed by atoms with Gasteiger partial charge in [-0.25, -0.2) is 18.7 Å². The van der Waals surface area contributed by atoms with Gasteiger partial charge in [-0.05, 0) is 32.8 Å². The highest BCUT2D eigenvalue weighted by Gasteiger charge is 2.26. The molecule has 4 rings (SSSR count). The van der Waals surface area contributed by atoms with E-state index in [4.69, 9.17) is 0 Å². The molecule has 0 amide bonds. The summed E-state index contributed by atoms with van der Waals surface area (Å²) in [5.74, 6) is 2.00. The fourth-order valence-electron chi connectivity index (χ4n) is 3.17. The average Bonchev–Trinajstić information content (AvgIpc) is 3.37. The van der Waals surface area contributed by atoms with Crippen molar-refractivity contribution in [3.8, 4) is 0 Å². The number of hydrogen-bond donors (Lipinski definition) is 2. The largest absolute Gasteiger partial charge is 0.363 e. The van der Waals surface area contributed by atoms with Crippen LogP contribution < -0.4 is 10.2 Å². The molecule has 0 bridgehead atoms. The molecule has 1 fully saturated rings. The molecule has 1 aliphatic rings. The summed E-state index contributed by atoms with van der Waals surface area (Å²) in [6.45, 7) is 3.60. The maximum Gasteiger partial charge on any atom is 0.155 e. The second-order valence-corrected chi connectivity index (χ2v) is 7.21. The van der Waals surface area contributed by atoms with E-state index in [-0.39, 0.29) is 6.04 Å². The lowest BCUT2D eigenvalue weighted by Crippen LogP contribution is -2.15. The van der Waals surface area contributed by atoms with E-state index in [0.717, 1.165) is 17.6 Å². The smallest absolute Gasteiger partial charge is 0.155 e. The normalized spacial score (nSPS) is 14.8. The number of aryl methyl sites for hydroxylation is 1. The Balaban J connectivity index is 1.55. The highest BCUT2D eigenvalue weighted by Crippen LogP contribution is 2.40. The van der Waals surface area contributed by atoms with E-state index >= 15 is 0 Å². The van der Waals surface area contributed by atoms with Gasteiger partial charge >= 0.3 is 0 Å². The molecule has 1 aliphatic carbocycles. The summed E-state index contributed by atoms with van der Waals surface area (Å²) in [5, 5.41) is 10.6. The summed E-state index contributed by atoms with van der Waals surface area (Å²) >= 11 is 0. The predicted molar refractivity (Wildman–Crippen MR) is 104 cm³/mol. The number of aromatic nitrogens is 4. The van der Waals surface area contributed by atoms with E-state index in [9.17, 15) is 8.78 Å². The Morgan fingerprint density at radius 1 is 1.14 bits per heavy atom. The van der Waals surface area contributed by atoms with Gasteiger partial charge in [-0.1, -0.05) is 6.07 Å². The van der Waals surface area contributed by atoms with Crippen molar-refractivity contribution in [1.82, 2.24) is 20.2 Å². The summed E-state index contributed by atoms with van der Waals surface area (Å²) < 4.78 is 27.2. The maximum absolute atomic E-state index is 14.1. The van der Waals surface area contributed by atoms with Crippen LogP contribution in [0.1, 0.15) is 48.8 Å². The molecule has 8 heteroatoms. The molecule has 1 aromatic carbocycles. The minimum atomic E-state index is -0.597. The minimum absolute atomic E-state index is 0.369. The first kappa shape index (κ1) is 18.3. The molecule has 0 saturated heterocycles. The molecule has 0 radical (unpaired) electrons. The van der Waals surface area contributed by atoms with Gasteiger partial charge in [0.15, 0.2) is 5.82 Å². The lowest BCUT2D eigenvalue weighted by Gasteiger charge is -2.19. The van der Waals surface area contributed by atoms with E-state index in [0.29, 0.717) is 28.9 Å². The Bertz CT molecular complexity index is 998. The van der Waals surface area contributed by atoms with E-state index in [1.54, 1.807) is 19.9 Å². The Hall–Kier alpha value is -3.03. The molecule has 28 heavy (non-hydrogen) atoms. The fraction of sp³-hybridized carbons (Fsp3) is 0.350. The number of aromatic amines is 1. The van der Waals surface area contributed by atoms with Crippen molar-refractivity contribution in [3.05, 3.63) is 59.0 Å². The number of nitrogens with zero attached hydrogens (tertiary/aromatic N) is 4. The molecule has 0 spiro atoms. The number of nitrogens with one attached hydrogen (secondary N) is 2. The molecule has 6 nitrogen and oxygen atoms in total. The molecule has 2 aromatic heterocycles. The third-order valence-electron chi connectivity index (χ3n) is 4.91. The van der Waals surface area contributed by atoms with Gasteiger partial charge in [0.25, 0.3) is 0 Å². The van der Waals surface area contributed by atoms with Crippen molar-refractivity contribution in [2.24, 2.45) is 0 Å². The number of benzene rings is 1. The highest BCUT2D eigenvalue weighted by molar-refractivity contribution is 5.59. The third kappa shape index (κ3) is 3.81. The lowest BCUT2D eigenvalue weighted by molar-refractivity contribution is 0.566. The lowest BCUT2D eigenvalue weighted by atomic mass is 10.1. The van der Waals surface area contributed by atoms with Gasteiger partial charge in [0.2, 0.25) is 0 Å². The molecule has 0 aliphatic heterocycles. The molecule has 2 heterocycles. The van der Waals surface area contributed by atoms with Gasteiger partial charge in [-0.15, -0.1) is 0 Å². The van der Waals surface area contributed by atoms with Crippen molar-refractivity contribution in [2.75, 3.05) is 17.3 Å². The van der Waals surface area contributed by atoms with Crippen molar-refractivity contribution in [3.63, 3.8) is 0 Å². The summed E-state index contributed by atoms with van der Waals surface area (Å²) in [6.07, 6.45) is 2.40. The first-order chi connectivity index (χ1) is 13.4. The van der Waals surface area contributed by atoms with Gasteiger partial charge in [-0.3, -0.25) is 5.10 Å². The second-order valence-electron chi connectivity index (χ2n) is 7.21. The minimum Gasteiger partial charge on any atom is -0.363 e. The van der Waals surface area contributed by atoms with Crippen LogP contribution in [0.4, 0.5) is 26.2 Å². The van der Waals surface area contributed by atoms with Crippen LogP contribution in [0.25, 0.3) is 0 Å². The van der Waals surface area contributed by atoms with Crippen LogP contribution in [0.3, 0.4) is 0 Å². The van der Waals surface area contributed by atoms with Crippen LogP contribution in [0.5, 0.6) is 0 Å². The molecule has 2 N–H and O–H groups in total. The Morgan fingerprint density at radius 3 is 2.64 bits per heavy atom. The Labute approximate surface area is 162 Å². The first-order valence-electron chi connectivity index (χ1n) is 9.27. The van der Waals surface area contributed by atoms with Crippen LogP contribution in [0.15, 0.2) is 30.3 Å². The molecule has 1 atom stereocenters. The summed E-state index contributed by atoms with van der Waals surface area (Å²) in [7, 11) is 1.89. The van der Waals surface area contributed by atoms with Gasteiger partial charge in [0.1, 0.15) is 29.1 Å². The molecular formula is C20H22F2N6. The molecular weight excluding hydrogens is 362 g/mol. The van der Waals surface area contributed by atoms with Crippen LogP contribution in [-0.4, -0.2) is 27.2 Å². The number of rotatable bonds is 6. The van der Waals surface area contributed by atoms with Crippen LogP contribution in [0.2, 0.25) is 0 Å². The zero-order valence-corrected chi connectivity index (χ0v) is 16.0. The van der Waals surface area contributed by atoms with Crippen LogP contribution in [0, 0.1) is 18.6 Å².